The number of rotatable bonds is 2. The van der Waals surface area contributed by atoms with Crippen LogP contribution >= 0.6 is 0 Å². The molecule has 0 fully saturated rings. The fourth-order valence-electron chi connectivity index (χ4n) is 4.76. The topological polar surface area (TPSA) is 62.3 Å². The first kappa shape index (κ1) is 20.1. The van der Waals surface area contributed by atoms with E-state index in [-0.39, 0.29) is 23.4 Å². The largest absolute Gasteiger partial charge is 0.357 e. The van der Waals surface area contributed by atoms with Crippen LogP contribution in [0.15, 0.2) is 84.3 Å². The summed E-state index contributed by atoms with van der Waals surface area (Å²) < 4.78 is 13.4. The number of nitrogens with zero attached hydrogens (tertiary/aromatic N) is 2. The van der Waals surface area contributed by atoms with Gasteiger partial charge in [0.1, 0.15) is 5.82 Å². The summed E-state index contributed by atoms with van der Waals surface area (Å²) >= 11 is 0. The van der Waals surface area contributed by atoms with Gasteiger partial charge in [-0.2, -0.15) is 0 Å². The van der Waals surface area contributed by atoms with Crippen molar-refractivity contribution in [2.45, 2.75) is 31.7 Å². The molecule has 2 heterocycles. The van der Waals surface area contributed by atoms with E-state index in [0.29, 0.717) is 18.4 Å². The standard InChI is InChI=1S/C26H22FN3O2/c1-16(31)30-23-7-3-2-6-21(23)29-22-13-19(17-8-10-20(27)11-9-17)14-24(32)25(22)26(30)18-5-4-12-28-15-18/h2-12,15,19,26,29H,13-14H2,1H3. The maximum Gasteiger partial charge on any atom is 0.224 e. The summed E-state index contributed by atoms with van der Waals surface area (Å²) in [5.41, 5.74) is 4.57. The first-order chi connectivity index (χ1) is 15.5. The van der Waals surface area contributed by atoms with Gasteiger partial charge in [0.05, 0.1) is 17.4 Å². The van der Waals surface area contributed by atoms with E-state index in [9.17, 15) is 14.0 Å². The van der Waals surface area contributed by atoms with Crippen LogP contribution < -0.4 is 10.2 Å². The van der Waals surface area contributed by atoms with Crippen LogP contribution in [0.4, 0.5) is 15.8 Å². The predicted octanol–water partition coefficient (Wildman–Crippen LogP) is 5.14. The van der Waals surface area contributed by atoms with E-state index in [2.05, 4.69) is 10.3 Å². The van der Waals surface area contributed by atoms with Gasteiger partial charge in [0, 0.05) is 37.0 Å². The summed E-state index contributed by atoms with van der Waals surface area (Å²) in [5.74, 6) is -0.553. The zero-order valence-electron chi connectivity index (χ0n) is 17.6. The molecular weight excluding hydrogens is 405 g/mol. The highest BCUT2D eigenvalue weighted by atomic mass is 19.1. The van der Waals surface area contributed by atoms with Crippen LogP contribution in [0.1, 0.15) is 42.9 Å². The smallest absolute Gasteiger partial charge is 0.224 e. The Hall–Kier alpha value is -3.80. The zero-order chi connectivity index (χ0) is 22.2. The maximum absolute atomic E-state index is 13.6. The molecule has 2 aliphatic rings. The Morgan fingerprint density at radius 3 is 2.53 bits per heavy atom. The molecular formula is C26H22FN3O2. The van der Waals surface area contributed by atoms with Crippen LogP contribution in [-0.4, -0.2) is 16.7 Å². The van der Waals surface area contributed by atoms with Crippen molar-refractivity contribution in [3.05, 3.63) is 101 Å². The van der Waals surface area contributed by atoms with Crippen LogP contribution in [0.3, 0.4) is 0 Å². The number of ketones is 1. The van der Waals surface area contributed by atoms with E-state index in [1.165, 1.54) is 19.1 Å². The van der Waals surface area contributed by atoms with Crippen LogP contribution in [-0.2, 0) is 9.59 Å². The molecule has 6 heteroatoms. The van der Waals surface area contributed by atoms with Crippen LogP contribution in [0.2, 0.25) is 0 Å². The third-order valence-electron chi connectivity index (χ3n) is 6.17. The predicted molar refractivity (Wildman–Crippen MR) is 121 cm³/mol. The number of anilines is 2. The molecule has 0 bridgehead atoms. The number of benzene rings is 2. The number of Topliss-reactive ketones (excluding diaryl/α,β-unsaturated/α-hetero) is 1. The molecule has 0 saturated carbocycles. The number of nitrogens with one attached hydrogen (secondary N) is 1. The Morgan fingerprint density at radius 1 is 1.03 bits per heavy atom. The average Bonchev–Trinajstić information content (AvgIpc) is 2.94. The number of halogens is 1. The highest BCUT2D eigenvalue weighted by Gasteiger charge is 2.40. The molecule has 5 rings (SSSR count). The molecule has 0 saturated heterocycles. The number of fused-ring (bicyclic) bond motifs is 1. The molecule has 32 heavy (non-hydrogen) atoms. The Morgan fingerprint density at radius 2 is 1.81 bits per heavy atom. The lowest BCUT2D eigenvalue weighted by atomic mass is 9.78. The SMILES string of the molecule is CC(=O)N1c2ccccc2NC2=C(C(=O)CC(c3ccc(F)cc3)C2)C1c1cccnc1. The normalized spacial score (nSPS) is 20.2. The lowest BCUT2D eigenvalue weighted by Gasteiger charge is -2.34. The van der Waals surface area contributed by atoms with Crippen LogP contribution in [0.5, 0.6) is 0 Å². The Labute approximate surface area is 185 Å². The molecule has 0 radical (unpaired) electrons. The summed E-state index contributed by atoms with van der Waals surface area (Å²) in [4.78, 5) is 32.4. The van der Waals surface area contributed by atoms with Crippen LogP contribution in [0, 0.1) is 5.82 Å². The van der Waals surface area contributed by atoms with E-state index < -0.39 is 6.04 Å². The number of hydrogen-bond donors (Lipinski definition) is 1. The minimum Gasteiger partial charge on any atom is -0.357 e. The van der Waals surface area contributed by atoms with Gasteiger partial charge in [-0.15, -0.1) is 0 Å². The summed E-state index contributed by atoms with van der Waals surface area (Å²) in [6, 6.07) is 17.0. The molecule has 160 valence electrons. The molecule has 0 spiro atoms. The summed E-state index contributed by atoms with van der Waals surface area (Å²) in [5, 5.41) is 3.46. The van der Waals surface area contributed by atoms with E-state index in [1.807, 2.05) is 36.4 Å². The summed E-state index contributed by atoms with van der Waals surface area (Å²) in [6.07, 6.45) is 4.26. The molecule has 1 amide bonds. The second-order valence-electron chi connectivity index (χ2n) is 8.19. The van der Waals surface area contributed by atoms with Gasteiger partial charge < -0.3 is 5.32 Å². The van der Waals surface area contributed by atoms with Crippen molar-refractivity contribution >= 4 is 23.1 Å². The fraction of sp³-hybridized carbons (Fsp3) is 0.192. The van der Waals surface area contributed by atoms with E-state index >= 15 is 0 Å². The molecule has 3 aromatic rings. The number of amides is 1. The van der Waals surface area contributed by atoms with Gasteiger partial charge >= 0.3 is 0 Å². The number of allylic oxidation sites excluding steroid dienone is 1. The average molecular weight is 427 g/mol. The molecule has 1 aromatic heterocycles. The van der Waals surface area contributed by atoms with Gasteiger partial charge in [-0.25, -0.2) is 4.39 Å². The number of carbonyl (C=O) groups excluding carboxylic acids is 2. The van der Waals surface area contributed by atoms with E-state index in [0.717, 1.165) is 28.2 Å². The van der Waals surface area contributed by atoms with Crippen molar-refractivity contribution in [1.82, 2.24) is 4.98 Å². The maximum atomic E-state index is 13.6. The van der Waals surface area contributed by atoms with Crippen molar-refractivity contribution in [1.29, 1.82) is 0 Å². The molecule has 2 atom stereocenters. The Balaban J connectivity index is 1.68. The molecule has 2 unspecified atom stereocenters. The van der Waals surface area contributed by atoms with Gasteiger partial charge in [-0.3, -0.25) is 19.5 Å². The van der Waals surface area contributed by atoms with Gasteiger partial charge in [0.15, 0.2) is 5.78 Å². The zero-order valence-corrected chi connectivity index (χ0v) is 17.6. The minimum atomic E-state index is -0.575. The molecule has 1 aliphatic carbocycles. The Kier molecular flexibility index (Phi) is 5.05. The van der Waals surface area contributed by atoms with E-state index in [4.69, 9.17) is 0 Å². The molecule has 2 aromatic carbocycles. The number of pyridine rings is 1. The summed E-state index contributed by atoms with van der Waals surface area (Å²) in [6.45, 7) is 1.51. The monoisotopic (exact) mass is 427 g/mol. The lowest BCUT2D eigenvalue weighted by molar-refractivity contribution is -0.117. The van der Waals surface area contributed by atoms with Crippen molar-refractivity contribution in [3.8, 4) is 0 Å². The fourth-order valence-corrected chi connectivity index (χ4v) is 4.76. The van der Waals surface area contributed by atoms with E-state index in [1.54, 1.807) is 29.4 Å². The number of para-hydroxylation sites is 2. The second-order valence-corrected chi connectivity index (χ2v) is 8.19. The number of hydrogen-bond acceptors (Lipinski definition) is 4. The quantitative estimate of drug-likeness (QED) is 0.615. The van der Waals surface area contributed by atoms with Crippen molar-refractivity contribution in [3.63, 3.8) is 0 Å². The van der Waals surface area contributed by atoms with Gasteiger partial charge in [-0.1, -0.05) is 30.3 Å². The van der Waals surface area contributed by atoms with Crippen molar-refractivity contribution in [2.75, 3.05) is 10.2 Å². The minimum absolute atomic E-state index is 0.0269. The van der Waals surface area contributed by atoms with Crippen molar-refractivity contribution in [2.24, 2.45) is 0 Å². The first-order valence-electron chi connectivity index (χ1n) is 10.6. The van der Waals surface area contributed by atoms with Crippen LogP contribution in [0.25, 0.3) is 0 Å². The van der Waals surface area contributed by atoms with Gasteiger partial charge in [0.25, 0.3) is 0 Å². The van der Waals surface area contributed by atoms with Gasteiger partial charge in [-0.05, 0) is 53.8 Å². The lowest BCUT2D eigenvalue weighted by Crippen LogP contribution is -2.37. The van der Waals surface area contributed by atoms with Gasteiger partial charge in [0.2, 0.25) is 5.91 Å². The third kappa shape index (κ3) is 3.47. The summed E-state index contributed by atoms with van der Waals surface area (Å²) in [7, 11) is 0. The molecule has 1 N–H and O–H groups in total. The molecule has 1 aliphatic heterocycles. The highest BCUT2D eigenvalue weighted by molar-refractivity contribution is 6.05. The first-order valence-corrected chi connectivity index (χ1v) is 10.6. The second kappa shape index (κ2) is 8.04. The third-order valence-corrected chi connectivity index (χ3v) is 6.17. The number of aromatic nitrogens is 1. The van der Waals surface area contributed by atoms with Crippen molar-refractivity contribution < 1.29 is 14.0 Å². The molecule has 5 nitrogen and oxygen atoms in total. The number of carbonyl (C=O) groups is 2. The Bertz CT molecular complexity index is 1220. The highest BCUT2D eigenvalue weighted by Crippen LogP contribution is 2.47.